The second-order valence-electron chi connectivity index (χ2n) is 1.81. The number of hydrogen-bond acceptors (Lipinski definition) is 3. The fourth-order valence-corrected chi connectivity index (χ4v) is 0.790. The molecule has 0 atom stereocenters. The topological polar surface area (TPSA) is 75.3 Å². The Morgan fingerprint density at radius 2 is 1.55 bits per heavy atom. The third kappa shape index (κ3) is 1.36. The largest absolute Gasteiger partial charge is 0.328 e. The summed E-state index contributed by atoms with van der Waals surface area (Å²) in [5, 5.41) is 3.62. The van der Waals surface area contributed by atoms with Crippen molar-refractivity contribution < 1.29 is 14.4 Å². The minimum absolute atomic E-state index is 0.865. The van der Waals surface area contributed by atoms with Crippen molar-refractivity contribution in [3.63, 3.8) is 0 Å². The molecule has 1 saturated heterocycles. The van der Waals surface area contributed by atoms with Gasteiger partial charge in [-0.1, -0.05) is 11.6 Å². The summed E-state index contributed by atoms with van der Waals surface area (Å²) < 4.78 is -1.86. The van der Waals surface area contributed by atoms with Gasteiger partial charge < -0.3 is 0 Å². The highest BCUT2D eigenvalue weighted by Crippen LogP contribution is 2.25. The van der Waals surface area contributed by atoms with Crippen molar-refractivity contribution in [1.29, 1.82) is 0 Å². The van der Waals surface area contributed by atoms with Crippen molar-refractivity contribution in [1.82, 2.24) is 10.6 Å². The fraction of sp³-hybridized carbons (Fsp3) is 0.250. The van der Waals surface area contributed by atoms with E-state index in [4.69, 9.17) is 11.6 Å². The molecule has 1 heterocycles. The van der Waals surface area contributed by atoms with E-state index in [0.717, 1.165) is 0 Å². The molecule has 60 valence electrons. The Morgan fingerprint density at radius 3 is 1.91 bits per heavy atom. The summed E-state index contributed by atoms with van der Waals surface area (Å²) in [7, 11) is 0. The van der Waals surface area contributed by atoms with E-state index in [1.807, 2.05) is 10.6 Å². The van der Waals surface area contributed by atoms with E-state index in [2.05, 4.69) is 15.9 Å². The van der Waals surface area contributed by atoms with E-state index >= 15 is 0 Å². The molecule has 5 nitrogen and oxygen atoms in total. The fourth-order valence-electron chi connectivity index (χ4n) is 0.498. The smallest absolute Gasteiger partial charge is 0.275 e. The molecule has 0 spiro atoms. The molecule has 7 heteroatoms. The van der Waals surface area contributed by atoms with Gasteiger partial charge in [-0.2, -0.15) is 0 Å². The summed E-state index contributed by atoms with van der Waals surface area (Å²) >= 11 is 8.02. The zero-order valence-electron chi connectivity index (χ0n) is 4.98. The van der Waals surface area contributed by atoms with Crippen molar-refractivity contribution in [2.75, 3.05) is 0 Å². The highest BCUT2D eigenvalue weighted by molar-refractivity contribution is 9.11. The quantitative estimate of drug-likeness (QED) is 0.451. The molecule has 1 aliphatic rings. The molecule has 11 heavy (non-hydrogen) atoms. The van der Waals surface area contributed by atoms with Gasteiger partial charge in [-0.05, 0) is 15.9 Å². The Kier molecular flexibility index (Phi) is 1.89. The zero-order chi connectivity index (χ0) is 8.65. The van der Waals surface area contributed by atoms with Gasteiger partial charge in [-0.15, -0.1) is 0 Å². The summed E-state index contributed by atoms with van der Waals surface area (Å²) in [4.78, 5) is 32.0. The van der Waals surface area contributed by atoms with Crippen LogP contribution in [0.1, 0.15) is 0 Å². The van der Waals surface area contributed by atoms with Crippen molar-refractivity contribution in [2.24, 2.45) is 0 Å². The highest BCUT2D eigenvalue weighted by atomic mass is 79.9. The van der Waals surface area contributed by atoms with Gasteiger partial charge in [0.1, 0.15) is 0 Å². The third-order valence-electron chi connectivity index (χ3n) is 1.02. The molecule has 0 aromatic rings. The average molecular weight is 241 g/mol. The predicted molar refractivity (Wildman–Crippen MR) is 39.2 cm³/mol. The molecule has 1 rings (SSSR count). The van der Waals surface area contributed by atoms with Gasteiger partial charge in [0, 0.05) is 0 Å². The van der Waals surface area contributed by atoms with Gasteiger partial charge in [0.15, 0.2) is 0 Å². The van der Waals surface area contributed by atoms with Gasteiger partial charge in [0.2, 0.25) is 0 Å². The maximum absolute atomic E-state index is 10.8. The molecule has 1 aliphatic heterocycles. The molecule has 0 aromatic carbocycles. The van der Waals surface area contributed by atoms with Gasteiger partial charge >= 0.3 is 6.03 Å². The van der Waals surface area contributed by atoms with Crippen molar-refractivity contribution >= 4 is 45.4 Å². The lowest BCUT2D eigenvalue weighted by atomic mass is 10.3. The van der Waals surface area contributed by atoms with Gasteiger partial charge in [-0.25, -0.2) is 4.79 Å². The first kappa shape index (κ1) is 8.48. The number of carbonyl (C=O) groups is 3. The number of carbonyl (C=O) groups excluding carboxylic acids is 3. The van der Waals surface area contributed by atoms with E-state index in [0.29, 0.717) is 0 Å². The number of urea groups is 1. The van der Waals surface area contributed by atoms with E-state index < -0.39 is 21.6 Å². The standard InChI is InChI=1S/C4H2BrClN2O3/c5-4(6)1(9)7-3(11)8-2(4)10/h(H2,7,8,9,10,11). The third-order valence-corrected chi connectivity index (χ3v) is 2.09. The van der Waals surface area contributed by atoms with Crippen LogP contribution >= 0.6 is 27.5 Å². The first-order valence-electron chi connectivity index (χ1n) is 2.49. The minimum Gasteiger partial charge on any atom is -0.275 e. The zero-order valence-corrected chi connectivity index (χ0v) is 7.32. The maximum atomic E-state index is 10.8. The van der Waals surface area contributed by atoms with E-state index in [1.54, 1.807) is 0 Å². The number of nitrogens with one attached hydrogen (secondary N) is 2. The van der Waals surface area contributed by atoms with Gasteiger partial charge in [-0.3, -0.25) is 20.2 Å². The van der Waals surface area contributed by atoms with Crippen molar-refractivity contribution in [3.8, 4) is 0 Å². The summed E-state index contributed by atoms with van der Waals surface area (Å²) in [6.07, 6.45) is 0. The van der Waals surface area contributed by atoms with Crippen LogP contribution < -0.4 is 10.6 Å². The highest BCUT2D eigenvalue weighted by Gasteiger charge is 2.46. The van der Waals surface area contributed by atoms with Crippen LogP contribution in [0, 0.1) is 0 Å². The molecule has 1 fully saturated rings. The molecule has 0 bridgehead atoms. The predicted octanol–water partition coefficient (Wildman–Crippen LogP) is -0.318. The minimum atomic E-state index is -1.86. The number of hydrogen-bond donors (Lipinski definition) is 2. The second kappa shape index (κ2) is 2.46. The van der Waals surface area contributed by atoms with Crippen LogP contribution in [0.5, 0.6) is 0 Å². The van der Waals surface area contributed by atoms with Gasteiger partial charge in [0.05, 0.1) is 0 Å². The van der Waals surface area contributed by atoms with Crippen molar-refractivity contribution in [3.05, 3.63) is 0 Å². The van der Waals surface area contributed by atoms with E-state index in [1.165, 1.54) is 0 Å². The lowest BCUT2D eigenvalue weighted by molar-refractivity contribution is -0.130. The SMILES string of the molecule is O=C1NC(=O)C(Cl)(Br)C(=O)N1. The Labute approximate surface area is 74.6 Å². The Hall–Kier alpha value is -0.620. The Bertz CT molecular complexity index is 230. The molecule has 0 radical (unpaired) electrons. The van der Waals surface area contributed by atoms with E-state index in [-0.39, 0.29) is 0 Å². The van der Waals surface area contributed by atoms with Crippen LogP contribution in [-0.2, 0) is 9.59 Å². The van der Waals surface area contributed by atoms with Crippen LogP contribution in [0.25, 0.3) is 0 Å². The number of imide groups is 2. The lowest BCUT2D eigenvalue weighted by Crippen LogP contribution is -2.61. The first-order chi connectivity index (χ1) is 4.94. The molecule has 0 saturated carbocycles. The number of amides is 4. The van der Waals surface area contributed by atoms with Gasteiger partial charge in [0.25, 0.3) is 15.6 Å². The Morgan fingerprint density at radius 1 is 1.18 bits per heavy atom. The first-order valence-corrected chi connectivity index (χ1v) is 3.66. The summed E-state index contributed by atoms with van der Waals surface area (Å²) in [5.41, 5.74) is 0. The summed E-state index contributed by atoms with van der Waals surface area (Å²) in [6, 6.07) is -0.865. The Balaban J connectivity index is 2.93. The van der Waals surface area contributed by atoms with Crippen LogP contribution in [-0.4, -0.2) is 21.6 Å². The van der Waals surface area contributed by atoms with Crippen LogP contribution in [0.3, 0.4) is 0 Å². The summed E-state index contributed by atoms with van der Waals surface area (Å²) in [6.45, 7) is 0. The number of alkyl halides is 2. The molecule has 4 amide bonds. The van der Waals surface area contributed by atoms with Crippen LogP contribution in [0.2, 0.25) is 0 Å². The van der Waals surface area contributed by atoms with Crippen LogP contribution in [0.4, 0.5) is 4.79 Å². The van der Waals surface area contributed by atoms with Crippen molar-refractivity contribution in [2.45, 2.75) is 3.78 Å². The number of halogens is 2. The van der Waals surface area contributed by atoms with E-state index in [9.17, 15) is 14.4 Å². The molecule has 0 aromatic heterocycles. The number of rotatable bonds is 0. The molecular weight excluding hydrogens is 239 g/mol. The van der Waals surface area contributed by atoms with Crippen LogP contribution in [0.15, 0.2) is 0 Å². The average Bonchev–Trinajstić information content (AvgIpc) is 1.84. The molecule has 0 unspecified atom stereocenters. The molecular formula is C4H2BrClN2O3. The normalized spacial score (nSPS) is 22.5. The lowest BCUT2D eigenvalue weighted by Gasteiger charge is -2.22. The monoisotopic (exact) mass is 240 g/mol. The second-order valence-corrected chi connectivity index (χ2v) is 4.02. The maximum Gasteiger partial charge on any atom is 0.328 e. The summed E-state index contributed by atoms with van der Waals surface area (Å²) in [5.74, 6) is -1.76. The molecule has 0 aliphatic carbocycles. The molecule has 2 N–H and O–H groups in total. The number of barbiturate groups is 1.